The van der Waals surface area contributed by atoms with Crippen molar-refractivity contribution in [2.45, 2.75) is 6.10 Å². The third-order valence-corrected chi connectivity index (χ3v) is 3.28. The third kappa shape index (κ3) is 2.18. The molecule has 3 heteroatoms. The van der Waals surface area contributed by atoms with Crippen molar-refractivity contribution in [1.29, 1.82) is 0 Å². The minimum Gasteiger partial charge on any atom is -0.480 e. The SMILES string of the molecule is COC(=O)C1=Cc2ccccc2OC1c1ccccc1. The number of para-hydroxylation sites is 1. The highest BCUT2D eigenvalue weighted by molar-refractivity contribution is 5.96. The molecular formula is C17H14O3. The molecule has 1 aliphatic rings. The Labute approximate surface area is 117 Å². The van der Waals surface area contributed by atoms with E-state index < -0.39 is 6.10 Å². The van der Waals surface area contributed by atoms with Gasteiger partial charge in [0.2, 0.25) is 0 Å². The van der Waals surface area contributed by atoms with Gasteiger partial charge in [0, 0.05) is 5.56 Å². The van der Waals surface area contributed by atoms with E-state index in [0.29, 0.717) is 5.57 Å². The molecule has 0 saturated carbocycles. The van der Waals surface area contributed by atoms with Crippen LogP contribution in [-0.2, 0) is 9.53 Å². The second-order valence-corrected chi connectivity index (χ2v) is 4.54. The summed E-state index contributed by atoms with van der Waals surface area (Å²) in [6.45, 7) is 0. The molecule has 0 amide bonds. The van der Waals surface area contributed by atoms with Crippen LogP contribution in [0, 0.1) is 0 Å². The molecular weight excluding hydrogens is 252 g/mol. The smallest absolute Gasteiger partial charge is 0.337 e. The summed E-state index contributed by atoms with van der Waals surface area (Å²) in [7, 11) is 1.38. The summed E-state index contributed by atoms with van der Waals surface area (Å²) in [4.78, 5) is 12.0. The molecule has 0 aromatic heterocycles. The lowest BCUT2D eigenvalue weighted by Gasteiger charge is -2.26. The Balaban J connectivity index is 2.09. The Morgan fingerprint density at radius 2 is 1.75 bits per heavy atom. The highest BCUT2D eigenvalue weighted by atomic mass is 16.5. The third-order valence-electron chi connectivity index (χ3n) is 3.28. The van der Waals surface area contributed by atoms with Gasteiger partial charge in [-0.05, 0) is 17.7 Å². The van der Waals surface area contributed by atoms with Crippen molar-refractivity contribution in [2.75, 3.05) is 7.11 Å². The van der Waals surface area contributed by atoms with Crippen molar-refractivity contribution < 1.29 is 14.3 Å². The van der Waals surface area contributed by atoms with Gasteiger partial charge in [0.05, 0.1) is 12.7 Å². The molecule has 1 aliphatic heterocycles. The van der Waals surface area contributed by atoms with Gasteiger partial charge in [-0.1, -0.05) is 48.5 Å². The number of carbonyl (C=O) groups excluding carboxylic acids is 1. The number of ether oxygens (including phenoxy) is 2. The molecule has 0 bridgehead atoms. The van der Waals surface area contributed by atoms with E-state index in [9.17, 15) is 4.79 Å². The van der Waals surface area contributed by atoms with Crippen LogP contribution in [-0.4, -0.2) is 13.1 Å². The molecule has 0 saturated heterocycles. The number of carbonyl (C=O) groups is 1. The Hall–Kier alpha value is -2.55. The normalized spacial score (nSPS) is 16.6. The van der Waals surface area contributed by atoms with E-state index in [2.05, 4.69) is 0 Å². The van der Waals surface area contributed by atoms with Crippen LogP contribution in [0.1, 0.15) is 17.2 Å². The lowest BCUT2D eigenvalue weighted by atomic mass is 9.96. The summed E-state index contributed by atoms with van der Waals surface area (Å²) in [6, 6.07) is 17.3. The van der Waals surface area contributed by atoms with Gasteiger partial charge in [-0.3, -0.25) is 0 Å². The van der Waals surface area contributed by atoms with Crippen molar-refractivity contribution in [3.05, 3.63) is 71.3 Å². The predicted octanol–water partition coefficient (Wildman–Crippen LogP) is 3.38. The summed E-state index contributed by atoms with van der Waals surface area (Å²) in [5, 5.41) is 0. The maximum atomic E-state index is 12.0. The fraction of sp³-hybridized carbons (Fsp3) is 0.118. The van der Waals surface area contributed by atoms with E-state index in [1.165, 1.54) is 7.11 Å². The van der Waals surface area contributed by atoms with E-state index in [0.717, 1.165) is 16.9 Å². The summed E-state index contributed by atoms with van der Waals surface area (Å²) in [5.41, 5.74) is 2.33. The van der Waals surface area contributed by atoms with Crippen LogP contribution in [0.2, 0.25) is 0 Å². The van der Waals surface area contributed by atoms with Gasteiger partial charge in [0.25, 0.3) is 0 Å². The average Bonchev–Trinajstić information content (AvgIpc) is 2.53. The molecule has 1 heterocycles. The van der Waals surface area contributed by atoms with Crippen LogP contribution in [0.3, 0.4) is 0 Å². The van der Waals surface area contributed by atoms with Crippen molar-refractivity contribution in [2.24, 2.45) is 0 Å². The minimum atomic E-state index is -0.432. The van der Waals surface area contributed by atoms with Gasteiger partial charge in [0.15, 0.2) is 6.10 Å². The first-order chi connectivity index (χ1) is 9.79. The highest BCUT2D eigenvalue weighted by Gasteiger charge is 2.29. The second kappa shape index (κ2) is 5.21. The van der Waals surface area contributed by atoms with Crippen molar-refractivity contribution in [3.8, 4) is 5.75 Å². The van der Waals surface area contributed by atoms with Crippen LogP contribution in [0.5, 0.6) is 5.75 Å². The van der Waals surface area contributed by atoms with Gasteiger partial charge >= 0.3 is 5.97 Å². The zero-order valence-corrected chi connectivity index (χ0v) is 11.1. The van der Waals surface area contributed by atoms with Crippen LogP contribution in [0.15, 0.2) is 60.2 Å². The molecule has 1 unspecified atom stereocenters. The summed E-state index contributed by atoms with van der Waals surface area (Å²) in [5.74, 6) is 0.405. The van der Waals surface area contributed by atoms with Crippen molar-refractivity contribution in [1.82, 2.24) is 0 Å². The first kappa shape index (κ1) is 12.5. The molecule has 2 aromatic rings. The quantitative estimate of drug-likeness (QED) is 0.782. The first-order valence-electron chi connectivity index (χ1n) is 6.40. The van der Waals surface area contributed by atoms with Crippen molar-refractivity contribution >= 4 is 12.0 Å². The summed E-state index contributed by atoms with van der Waals surface area (Å²) in [6.07, 6.45) is 1.40. The highest BCUT2D eigenvalue weighted by Crippen LogP contribution is 2.37. The van der Waals surface area contributed by atoms with Crippen LogP contribution in [0.4, 0.5) is 0 Å². The topological polar surface area (TPSA) is 35.5 Å². The van der Waals surface area contributed by atoms with Crippen LogP contribution < -0.4 is 4.74 Å². The number of fused-ring (bicyclic) bond motifs is 1. The molecule has 1 atom stereocenters. The van der Waals surface area contributed by atoms with Crippen LogP contribution >= 0.6 is 0 Å². The molecule has 20 heavy (non-hydrogen) atoms. The monoisotopic (exact) mass is 266 g/mol. The predicted molar refractivity (Wildman–Crippen MR) is 76.2 cm³/mol. The van der Waals surface area contributed by atoms with Gasteiger partial charge in [-0.15, -0.1) is 0 Å². The molecule has 0 fully saturated rings. The van der Waals surface area contributed by atoms with Gasteiger partial charge < -0.3 is 9.47 Å². The molecule has 3 nitrogen and oxygen atoms in total. The van der Waals surface area contributed by atoms with Gasteiger partial charge in [-0.25, -0.2) is 4.79 Å². The van der Waals surface area contributed by atoms with E-state index >= 15 is 0 Å². The first-order valence-corrected chi connectivity index (χ1v) is 6.40. The minimum absolute atomic E-state index is 0.367. The number of hydrogen-bond acceptors (Lipinski definition) is 3. The molecule has 3 rings (SSSR count). The van der Waals surface area contributed by atoms with Gasteiger partial charge in [-0.2, -0.15) is 0 Å². The van der Waals surface area contributed by atoms with E-state index in [-0.39, 0.29) is 5.97 Å². The lowest BCUT2D eigenvalue weighted by Crippen LogP contribution is -2.21. The largest absolute Gasteiger partial charge is 0.480 e. The summed E-state index contributed by atoms with van der Waals surface area (Å²) >= 11 is 0. The van der Waals surface area contributed by atoms with Gasteiger partial charge in [0.1, 0.15) is 5.75 Å². The Morgan fingerprint density at radius 3 is 2.50 bits per heavy atom. The lowest BCUT2D eigenvalue weighted by molar-refractivity contribution is -0.137. The molecule has 0 N–H and O–H groups in total. The second-order valence-electron chi connectivity index (χ2n) is 4.54. The summed E-state index contributed by atoms with van der Waals surface area (Å²) < 4.78 is 10.9. The number of hydrogen-bond donors (Lipinski definition) is 0. The maximum Gasteiger partial charge on any atom is 0.337 e. The van der Waals surface area contributed by atoms with Crippen molar-refractivity contribution in [3.63, 3.8) is 0 Å². The van der Waals surface area contributed by atoms with E-state index in [1.54, 1.807) is 0 Å². The van der Waals surface area contributed by atoms with Crippen LogP contribution in [0.25, 0.3) is 6.08 Å². The zero-order valence-electron chi connectivity index (χ0n) is 11.1. The standard InChI is InChI=1S/C17H14O3/c1-19-17(18)14-11-13-9-5-6-10-15(13)20-16(14)12-7-3-2-4-8-12/h2-11,16H,1H3. The Kier molecular flexibility index (Phi) is 3.25. The molecule has 2 aromatic carbocycles. The Bertz CT molecular complexity index is 659. The number of benzene rings is 2. The molecule has 0 radical (unpaired) electrons. The Morgan fingerprint density at radius 1 is 1.05 bits per heavy atom. The molecule has 0 spiro atoms. The average molecular weight is 266 g/mol. The van der Waals surface area contributed by atoms with E-state index in [1.807, 2.05) is 60.7 Å². The number of rotatable bonds is 2. The fourth-order valence-corrected chi connectivity index (χ4v) is 2.30. The fourth-order valence-electron chi connectivity index (χ4n) is 2.30. The van der Waals surface area contributed by atoms with E-state index in [4.69, 9.17) is 9.47 Å². The molecule has 100 valence electrons. The zero-order chi connectivity index (χ0) is 13.9. The maximum absolute atomic E-state index is 12.0. The molecule has 0 aliphatic carbocycles. The number of methoxy groups -OCH3 is 1. The number of esters is 1.